The molecule has 0 spiro atoms. The van der Waals surface area contributed by atoms with Crippen molar-refractivity contribution in [2.45, 2.75) is 6.04 Å². The topological polar surface area (TPSA) is 111 Å². The maximum absolute atomic E-state index is 10.6. The zero-order valence-electron chi connectivity index (χ0n) is 5.25. The lowest BCUT2D eigenvalue weighted by molar-refractivity contribution is -0.131. The van der Waals surface area contributed by atoms with Crippen molar-refractivity contribution in [3.63, 3.8) is 0 Å². The van der Waals surface area contributed by atoms with E-state index in [4.69, 9.17) is 5.41 Å². The van der Waals surface area contributed by atoms with Crippen LogP contribution in [0.3, 0.4) is 0 Å². The Morgan fingerprint density at radius 1 is 1.27 bits per heavy atom. The lowest BCUT2D eigenvalue weighted by atomic mass is 10.2. The van der Waals surface area contributed by atoms with Gasteiger partial charge in [0.15, 0.2) is 0 Å². The number of amides is 2. The van der Waals surface area contributed by atoms with Gasteiger partial charge in [-0.1, -0.05) is 0 Å². The molecule has 1 fully saturated rings. The summed E-state index contributed by atoms with van der Waals surface area (Å²) in [5.41, 5.74) is 0. The highest BCUT2D eigenvalue weighted by atomic mass is 16.3. The molecule has 58 valence electrons. The Morgan fingerprint density at radius 2 is 1.73 bits per heavy atom. The Bertz CT molecular complexity index is 228. The van der Waals surface area contributed by atoms with Gasteiger partial charge in [-0.05, 0) is 5.18 Å². The molecule has 0 aromatic heterocycles. The van der Waals surface area contributed by atoms with Crippen molar-refractivity contribution in [3.05, 3.63) is 4.91 Å². The first kappa shape index (κ1) is 7.32. The lowest BCUT2D eigenvalue weighted by Gasteiger charge is -2.16. The zero-order chi connectivity index (χ0) is 8.43. The number of rotatable bonds is 1. The molecule has 1 heterocycles. The van der Waals surface area contributed by atoms with E-state index in [1.165, 1.54) is 0 Å². The largest absolute Gasteiger partial charge is 0.294 e. The summed E-state index contributed by atoms with van der Waals surface area (Å²) in [6.45, 7) is 0. The molecule has 11 heavy (non-hydrogen) atoms. The summed E-state index contributed by atoms with van der Waals surface area (Å²) in [5, 5.41) is 12.9. The number of hydrogen-bond donors (Lipinski definition) is 3. The smallest absolute Gasteiger partial charge is 0.264 e. The first-order valence-corrected chi connectivity index (χ1v) is 2.68. The van der Waals surface area contributed by atoms with Crippen molar-refractivity contribution in [3.8, 4) is 0 Å². The molecule has 0 radical (unpaired) electrons. The molecule has 1 aliphatic heterocycles. The highest BCUT2D eigenvalue weighted by Crippen LogP contribution is 1.94. The molecule has 2 amide bonds. The van der Waals surface area contributed by atoms with Crippen LogP contribution >= 0.6 is 0 Å². The quantitative estimate of drug-likeness (QED) is 0.310. The predicted molar refractivity (Wildman–Crippen MR) is 33.6 cm³/mol. The Labute approximate surface area is 60.6 Å². The van der Waals surface area contributed by atoms with E-state index in [1.54, 1.807) is 0 Å². The molecule has 0 bridgehead atoms. The van der Waals surface area contributed by atoms with Gasteiger partial charge in [-0.15, -0.1) is 4.91 Å². The molecule has 1 rings (SSSR count). The number of guanidine groups is 1. The predicted octanol–water partition coefficient (Wildman–Crippen LogP) is -1.70. The Hall–Kier alpha value is -1.79. The molecule has 0 saturated carbocycles. The van der Waals surface area contributed by atoms with Crippen molar-refractivity contribution in [1.82, 2.24) is 10.6 Å². The second-order valence-electron chi connectivity index (χ2n) is 1.86. The molecule has 0 aliphatic carbocycles. The number of carbonyl (C=O) groups is 2. The zero-order valence-corrected chi connectivity index (χ0v) is 5.25. The summed E-state index contributed by atoms with van der Waals surface area (Å²) in [5.74, 6) is -2.16. The number of hydrogen-bond acceptors (Lipinski definition) is 5. The van der Waals surface area contributed by atoms with Crippen molar-refractivity contribution in [2.24, 2.45) is 5.18 Å². The van der Waals surface area contributed by atoms with Gasteiger partial charge in [0, 0.05) is 0 Å². The van der Waals surface area contributed by atoms with Gasteiger partial charge >= 0.3 is 0 Å². The van der Waals surface area contributed by atoms with Gasteiger partial charge in [-0.25, -0.2) is 0 Å². The average Bonchev–Trinajstić information content (AvgIpc) is 1.85. The van der Waals surface area contributed by atoms with E-state index >= 15 is 0 Å². The third kappa shape index (κ3) is 1.20. The standard InChI is InChI=1S/C4H4N4O3/c5-4-6-2(9)1(8-11)3(10)7-4/h1H,(H3,5,6,7,9,10). The summed E-state index contributed by atoms with van der Waals surface area (Å²) in [6.07, 6.45) is 0. The van der Waals surface area contributed by atoms with Gasteiger partial charge in [-0.3, -0.25) is 25.6 Å². The van der Waals surface area contributed by atoms with Crippen LogP contribution in [0.25, 0.3) is 0 Å². The van der Waals surface area contributed by atoms with Crippen LogP contribution in [0.4, 0.5) is 0 Å². The van der Waals surface area contributed by atoms with Gasteiger partial charge < -0.3 is 0 Å². The molecular weight excluding hydrogens is 152 g/mol. The second-order valence-corrected chi connectivity index (χ2v) is 1.86. The fraction of sp³-hybridized carbons (Fsp3) is 0.250. The number of nitrogens with one attached hydrogen (secondary N) is 3. The number of nitrogens with zero attached hydrogens (tertiary/aromatic N) is 1. The highest BCUT2D eigenvalue weighted by molar-refractivity contribution is 6.19. The minimum Gasteiger partial charge on any atom is -0.294 e. The molecule has 0 unspecified atom stereocenters. The molecule has 0 atom stereocenters. The Morgan fingerprint density at radius 3 is 2.09 bits per heavy atom. The second kappa shape index (κ2) is 2.45. The van der Waals surface area contributed by atoms with Gasteiger partial charge in [0.25, 0.3) is 11.8 Å². The van der Waals surface area contributed by atoms with E-state index in [1.807, 2.05) is 10.6 Å². The molecule has 1 aliphatic rings. The third-order valence-electron chi connectivity index (χ3n) is 1.10. The molecule has 1 saturated heterocycles. The summed E-state index contributed by atoms with van der Waals surface area (Å²) in [4.78, 5) is 31.1. The number of nitroso groups, excluding NO2 is 1. The highest BCUT2D eigenvalue weighted by Gasteiger charge is 2.33. The van der Waals surface area contributed by atoms with Crippen LogP contribution in [-0.2, 0) is 9.59 Å². The van der Waals surface area contributed by atoms with E-state index in [9.17, 15) is 14.5 Å². The first-order chi connectivity index (χ1) is 5.15. The summed E-state index contributed by atoms with van der Waals surface area (Å²) < 4.78 is 0. The van der Waals surface area contributed by atoms with Crippen LogP contribution in [-0.4, -0.2) is 23.8 Å². The minimum atomic E-state index is -1.57. The van der Waals surface area contributed by atoms with Gasteiger partial charge in [0.1, 0.15) is 0 Å². The van der Waals surface area contributed by atoms with Gasteiger partial charge in [0.05, 0.1) is 0 Å². The summed E-state index contributed by atoms with van der Waals surface area (Å²) >= 11 is 0. The molecule has 7 nitrogen and oxygen atoms in total. The lowest BCUT2D eigenvalue weighted by Crippen LogP contribution is -2.58. The van der Waals surface area contributed by atoms with Crippen molar-refractivity contribution >= 4 is 17.8 Å². The Kier molecular flexibility index (Phi) is 1.63. The fourth-order valence-corrected chi connectivity index (χ4v) is 0.629. The molecule has 7 heteroatoms. The maximum Gasteiger partial charge on any atom is 0.264 e. The van der Waals surface area contributed by atoms with Crippen LogP contribution in [0.5, 0.6) is 0 Å². The van der Waals surface area contributed by atoms with Crippen molar-refractivity contribution in [1.29, 1.82) is 5.41 Å². The Balaban J connectivity index is 2.82. The number of carbonyl (C=O) groups excluding carboxylic acids is 2. The average molecular weight is 156 g/mol. The minimum absolute atomic E-state index is 0.431. The molecule has 0 aromatic rings. The molecule has 0 aromatic carbocycles. The van der Waals surface area contributed by atoms with Crippen LogP contribution in [0.1, 0.15) is 0 Å². The van der Waals surface area contributed by atoms with Crippen molar-refractivity contribution < 1.29 is 9.59 Å². The fourth-order valence-electron chi connectivity index (χ4n) is 0.629. The van der Waals surface area contributed by atoms with E-state index in [-0.39, 0.29) is 0 Å². The SMILES string of the molecule is N=C1NC(=O)C(N=O)C(=O)N1. The van der Waals surface area contributed by atoms with Crippen LogP contribution in [0.15, 0.2) is 5.18 Å². The summed E-state index contributed by atoms with van der Waals surface area (Å²) in [7, 11) is 0. The van der Waals surface area contributed by atoms with E-state index < -0.39 is 23.8 Å². The maximum atomic E-state index is 10.6. The summed E-state index contributed by atoms with van der Waals surface area (Å²) in [6, 6.07) is -1.57. The molecule has 3 N–H and O–H groups in total. The van der Waals surface area contributed by atoms with Gasteiger partial charge in [-0.2, -0.15) is 0 Å². The molecular formula is C4H4N4O3. The first-order valence-electron chi connectivity index (χ1n) is 2.68. The van der Waals surface area contributed by atoms with Crippen LogP contribution in [0, 0.1) is 10.3 Å². The monoisotopic (exact) mass is 156 g/mol. The normalized spacial score (nSPS) is 24.0. The van der Waals surface area contributed by atoms with Gasteiger partial charge in [0.2, 0.25) is 12.0 Å². The van der Waals surface area contributed by atoms with Crippen molar-refractivity contribution in [2.75, 3.05) is 0 Å². The van der Waals surface area contributed by atoms with E-state index in [0.29, 0.717) is 0 Å². The van der Waals surface area contributed by atoms with Crippen LogP contribution in [0.2, 0.25) is 0 Å². The van der Waals surface area contributed by atoms with E-state index in [2.05, 4.69) is 5.18 Å². The van der Waals surface area contributed by atoms with Crippen LogP contribution < -0.4 is 10.6 Å². The third-order valence-corrected chi connectivity index (χ3v) is 1.10. The van der Waals surface area contributed by atoms with E-state index in [0.717, 1.165) is 0 Å².